The Kier molecular flexibility index (Phi) is 6.38. The fourth-order valence-corrected chi connectivity index (χ4v) is 4.19. The number of fused-ring (bicyclic) bond motifs is 3. The van der Waals surface area contributed by atoms with Crippen molar-refractivity contribution in [3.8, 4) is 22.8 Å². The van der Waals surface area contributed by atoms with E-state index in [1.807, 2.05) is 47.0 Å². The van der Waals surface area contributed by atoms with Crippen molar-refractivity contribution in [3.05, 3.63) is 95.3 Å². The Morgan fingerprint density at radius 1 is 1.05 bits per heavy atom. The Balaban J connectivity index is 1.51. The van der Waals surface area contributed by atoms with Gasteiger partial charge in [0.25, 0.3) is 5.91 Å². The van der Waals surface area contributed by atoms with Gasteiger partial charge in [0.2, 0.25) is 0 Å². The van der Waals surface area contributed by atoms with Crippen LogP contribution >= 0.6 is 0 Å². The summed E-state index contributed by atoms with van der Waals surface area (Å²) in [5, 5.41) is 25.4. The molecule has 37 heavy (non-hydrogen) atoms. The topological polar surface area (TPSA) is 147 Å². The highest BCUT2D eigenvalue weighted by Gasteiger charge is 2.30. The van der Waals surface area contributed by atoms with Crippen molar-refractivity contribution in [1.82, 2.24) is 19.7 Å². The predicted octanol–water partition coefficient (Wildman–Crippen LogP) is 3.23. The number of benzene rings is 3. The molecule has 2 heterocycles. The lowest BCUT2D eigenvalue weighted by molar-refractivity contribution is -0.137. The van der Waals surface area contributed by atoms with Crippen LogP contribution in [-0.2, 0) is 17.9 Å². The molecule has 4 aromatic rings. The number of hydrogen-bond donors (Lipinski definition) is 3. The monoisotopic (exact) mass is 496 g/mol. The Hall–Kier alpha value is -4.99. The number of carboxylic acids is 1. The molecule has 4 N–H and O–H groups in total. The Morgan fingerprint density at radius 3 is 2.51 bits per heavy atom. The number of carboxylic acid groups (broad SMARTS) is 1. The quantitative estimate of drug-likeness (QED) is 0.251. The molecule has 0 radical (unpaired) electrons. The van der Waals surface area contributed by atoms with E-state index in [0.29, 0.717) is 34.2 Å². The number of aliphatic carboxylic acids is 1. The number of carbonyl (C=O) groups excluding carboxylic acids is 1. The molecule has 0 atom stereocenters. The van der Waals surface area contributed by atoms with Gasteiger partial charge in [-0.1, -0.05) is 54.6 Å². The van der Waals surface area contributed by atoms with Crippen molar-refractivity contribution in [1.29, 1.82) is 5.41 Å². The molecule has 10 heteroatoms. The van der Waals surface area contributed by atoms with E-state index in [-0.39, 0.29) is 37.9 Å². The van der Waals surface area contributed by atoms with Crippen molar-refractivity contribution < 1.29 is 19.4 Å². The molecule has 0 bridgehead atoms. The second-order valence-electron chi connectivity index (χ2n) is 8.59. The molecule has 0 saturated heterocycles. The third kappa shape index (κ3) is 4.90. The maximum absolute atomic E-state index is 13.6. The number of aromatic nitrogens is 3. The SMILES string of the molecule is N=C(N)c1ccc(COc2ccc3c(c2)C(=O)N(CCC(=O)O)Cc2nnc(-c4ccccc4)n2-3)cc1. The minimum Gasteiger partial charge on any atom is -0.489 e. The molecule has 186 valence electrons. The van der Waals surface area contributed by atoms with Crippen molar-refractivity contribution in [2.45, 2.75) is 19.6 Å². The molecule has 1 aromatic heterocycles. The van der Waals surface area contributed by atoms with Crippen LogP contribution in [-0.4, -0.2) is 49.0 Å². The molecule has 0 fully saturated rings. The van der Waals surface area contributed by atoms with Gasteiger partial charge in [-0.15, -0.1) is 10.2 Å². The maximum atomic E-state index is 13.6. The normalized spacial score (nSPS) is 12.4. The number of carbonyl (C=O) groups is 2. The Morgan fingerprint density at radius 2 is 1.81 bits per heavy atom. The van der Waals surface area contributed by atoms with Crippen LogP contribution < -0.4 is 10.5 Å². The van der Waals surface area contributed by atoms with Crippen LogP contribution in [0, 0.1) is 5.41 Å². The van der Waals surface area contributed by atoms with Gasteiger partial charge in [0.05, 0.1) is 24.2 Å². The van der Waals surface area contributed by atoms with Gasteiger partial charge in [0, 0.05) is 17.7 Å². The van der Waals surface area contributed by atoms with Gasteiger partial charge in [-0.3, -0.25) is 19.6 Å². The van der Waals surface area contributed by atoms with Crippen molar-refractivity contribution in [3.63, 3.8) is 0 Å². The molecule has 1 aliphatic rings. The van der Waals surface area contributed by atoms with Gasteiger partial charge < -0.3 is 20.5 Å². The van der Waals surface area contributed by atoms with E-state index in [1.54, 1.807) is 30.3 Å². The van der Waals surface area contributed by atoms with Crippen LogP contribution in [0.15, 0.2) is 72.8 Å². The highest BCUT2D eigenvalue weighted by Crippen LogP contribution is 2.32. The number of rotatable bonds is 8. The second kappa shape index (κ2) is 9.94. The van der Waals surface area contributed by atoms with Crippen LogP contribution in [0.3, 0.4) is 0 Å². The number of hydrogen-bond acceptors (Lipinski definition) is 6. The minimum atomic E-state index is -0.989. The summed E-state index contributed by atoms with van der Waals surface area (Å²) in [6, 6.07) is 21.9. The number of nitrogens with two attached hydrogens (primary N) is 1. The van der Waals surface area contributed by atoms with E-state index in [0.717, 1.165) is 11.1 Å². The molecule has 0 spiro atoms. The average Bonchev–Trinajstić information content (AvgIpc) is 3.28. The van der Waals surface area contributed by atoms with E-state index < -0.39 is 5.97 Å². The first kappa shape index (κ1) is 23.7. The maximum Gasteiger partial charge on any atom is 0.305 e. The molecule has 5 rings (SSSR count). The fraction of sp³-hybridized carbons (Fsp3) is 0.148. The summed E-state index contributed by atoms with van der Waals surface area (Å²) in [7, 11) is 0. The molecule has 10 nitrogen and oxygen atoms in total. The number of nitrogens with zero attached hydrogens (tertiary/aromatic N) is 4. The minimum absolute atomic E-state index is 0.00702. The fourth-order valence-electron chi connectivity index (χ4n) is 4.19. The van der Waals surface area contributed by atoms with Crippen LogP contribution in [0.2, 0.25) is 0 Å². The van der Waals surface area contributed by atoms with E-state index in [1.165, 1.54) is 4.90 Å². The molecule has 1 aliphatic heterocycles. The van der Waals surface area contributed by atoms with E-state index in [2.05, 4.69) is 10.2 Å². The van der Waals surface area contributed by atoms with Crippen LogP contribution in [0.4, 0.5) is 0 Å². The number of nitrogens with one attached hydrogen (secondary N) is 1. The zero-order valence-electron chi connectivity index (χ0n) is 19.8. The molecular formula is C27H24N6O4. The van der Waals surface area contributed by atoms with Crippen LogP contribution in [0.5, 0.6) is 5.75 Å². The lowest BCUT2D eigenvalue weighted by Crippen LogP contribution is -2.32. The Bertz CT molecular complexity index is 1480. The number of amidine groups is 1. The third-order valence-electron chi connectivity index (χ3n) is 6.09. The predicted molar refractivity (Wildman–Crippen MR) is 136 cm³/mol. The number of amides is 1. The standard InChI is InChI=1S/C27H24N6O4/c28-25(29)18-8-6-17(7-9-18)16-37-20-10-11-22-21(14-20)27(36)32(13-12-24(34)35)15-23-30-31-26(33(22)23)19-4-2-1-3-5-19/h1-11,14H,12-13,15-16H2,(H3,28,29)(H,34,35). The van der Waals surface area contributed by atoms with Gasteiger partial charge in [0.1, 0.15) is 18.2 Å². The summed E-state index contributed by atoms with van der Waals surface area (Å²) >= 11 is 0. The molecule has 3 aromatic carbocycles. The highest BCUT2D eigenvalue weighted by atomic mass is 16.5. The van der Waals surface area contributed by atoms with Gasteiger partial charge in [-0.05, 0) is 23.8 Å². The summed E-state index contributed by atoms with van der Waals surface area (Å²) in [5.74, 6) is 0.305. The first-order valence-corrected chi connectivity index (χ1v) is 11.6. The lowest BCUT2D eigenvalue weighted by Gasteiger charge is -2.19. The van der Waals surface area contributed by atoms with Crippen LogP contribution in [0.1, 0.15) is 33.7 Å². The lowest BCUT2D eigenvalue weighted by atomic mass is 10.1. The third-order valence-corrected chi connectivity index (χ3v) is 6.09. The summed E-state index contributed by atoms with van der Waals surface area (Å²) in [5.41, 5.74) is 8.82. The summed E-state index contributed by atoms with van der Waals surface area (Å²) in [4.78, 5) is 26.3. The summed E-state index contributed by atoms with van der Waals surface area (Å²) < 4.78 is 7.82. The largest absolute Gasteiger partial charge is 0.489 e. The smallest absolute Gasteiger partial charge is 0.305 e. The molecule has 0 unspecified atom stereocenters. The van der Waals surface area contributed by atoms with Gasteiger partial charge >= 0.3 is 5.97 Å². The number of nitrogen functional groups attached to an aromatic ring is 1. The zero-order valence-corrected chi connectivity index (χ0v) is 19.8. The van der Waals surface area contributed by atoms with E-state index in [9.17, 15) is 14.7 Å². The Labute approximate surface area is 212 Å². The van der Waals surface area contributed by atoms with Crippen molar-refractivity contribution in [2.24, 2.45) is 5.73 Å². The summed E-state index contributed by atoms with van der Waals surface area (Å²) in [6.07, 6.45) is -0.187. The van der Waals surface area contributed by atoms with E-state index >= 15 is 0 Å². The summed E-state index contributed by atoms with van der Waals surface area (Å²) in [6.45, 7) is 0.412. The molecule has 0 saturated carbocycles. The van der Waals surface area contributed by atoms with Crippen molar-refractivity contribution in [2.75, 3.05) is 6.54 Å². The molecule has 0 aliphatic carbocycles. The highest BCUT2D eigenvalue weighted by molar-refractivity contribution is 5.99. The molecule has 1 amide bonds. The average molecular weight is 497 g/mol. The van der Waals surface area contributed by atoms with Crippen molar-refractivity contribution >= 4 is 17.7 Å². The molecular weight excluding hydrogens is 472 g/mol. The van der Waals surface area contributed by atoms with Crippen LogP contribution in [0.25, 0.3) is 17.1 Å². The second-order valence-corrected chi connectivity index (χ2v) is 8.59. The van der Waals surface area contributed by atoms with Gasteiger partial charge in [-0.25, -0.2) is 0 Å². The first-order valence-electron chi connectivity index (χ1n) is 11.6. The zero-order chi connectivity index (χ0) is 25.9. The number of ether oxygens (including phenoxy) is 1. The van der Waals surface area contributed by atoms with Gasteiger partial charge in [0.15, 0.2) is 11.6 Å². The first-order chi connectivity index (χ1) is 17.9. The van der Waals surface area contributed by atoms with Gasteiger partial charge in [-0.2, -0.15) is 0 Å². The van der Waals surface area contributed by atoms with E-state index in [4.69, 9.17) is 15.9 Å².